The van der Waals surface area contributed by atoms with Crippen molar-refractivity contribution < 1.29 is 14.3 Å². The van der Waals surface area contributed by atoms with E-state index in [4.69, 9.17) is 9.47 Å². The molecule has 0 aromatic heterocycles. The van der Waals surface area contributed by atoms with Gasteiger partial charge in [-0.3, -0.25) is 9.79 Å². The molecule has 1 N–H and O–H groups in total. The number of guanidine groups is 1. The Hall–Kier alpha value is -2.44. The SMILES string of the molecule is CCNC(=NCCc1ccc2c(c1)OCO2)N(C)CC(=O)N(CC)CC. The minimum Gasteiger partial charge on any atom is -0.454 e. The summed E-state index contributed by atoms with van der Waals surface area (Å²) in [6.07, 6.45) is 0.795. The molecule has 1 heterocycles. The topological polar surface area (TPSA) is 66.4 Å². The van der Waals surface area contributed by atoms with Crippen LogP contribution in [0.5, 0.6) is 11.5 Å². The monoisotopic (exact) mass is 362 g/mol. The van der Waals surface area contributed by atoms with Crippen LogP contribution in [0.15, 0.2) is 23.2 Å². The summed E-state index contributed by atoms with van der Waals surface area (Å²) in [6.45, 7) is 9.44. The molecule has 0 radical (unpaired) electrons. The Balaban J connectivity index is 1.93. The van der Waals surface area contributed by atoms with Crippen LogP contribution in [0.25, 0.3) is 0 Å². The molecule has 0 aliphatic carbocycles. The Morgan fingerprint density at radius 3 is 2.62 bits per heavy atom. The first kappa shape index (κ1) is 19.9. The Labute approximate surface area is 156 Å². The summed E-state index contributed by atoms with van der Waals surface area (Å²) in [5, 5.41) is 3.25. The van der Waals surface area contributed by atoms with Gasteiger partial charge in [-0.25, -0.2) is 0 Å². The summed E-state index contributed by atoms with van der Waals surface area (Å²) >= 11 is 0. The number of rotatable bonds is 8. The Morgan fingerprint density at radius 1 is 1.19 bits per heavy atom. The molecule has 0 fully saturated rings. The fourth-order valence-electron chi connectivity index (χ4n) is 2.81. The number of nitrogens with zero attached hydrogens (tertiary/aromatic N) is 3. The smallest absolute Gasteiger partial charge is 0.242 e. The van der Waals surface area contributed by atoms with Gasteiger partial charge in [-0.05, 0) is 44.9 Å². The van der Waals surface area contributed by atoms with Gasteiger partial charge < -0.3 is 24.6 Å². The molecule has 1 aliphatic heterocycles. The number of hydrogen-bond acceptors (Lipinski definition) is 4. The van der Waals surface area contributed by atoms with Crippen molar-refractivity contribution in [1.82, 2.24) is 15.1 Å². The molecule has 144 valence electrons. The van der Waals surface area contributed by atoms with Crippen LogP contribution in [0.3, 0.4) is 0 Å². The summed E-state index contributed by atoms with van der Waals surface area (Å²) in [6, 6.07) is 5.96. The molecule has 2 rings (SSSR count). The maximum absolute atomic E-state index is 12.3. The Morgan fingerprint density at radius 2 is 1.92 bits per heavy atom. The molecule has 0 bridgehead atoms. The Bertz CT molecular complexity index is 629. The van der Waals surface area contributed by atoms with Crippen molar-refractivity contribution in [3.05, 3.63) is 23.8 Å². The first-order chi connectivity index (χ1) is 12.6. The van der Waals surface area contributed by atoms with E-state index in [9.17, 15) is 4.79 Å². The van der Waals surface area contributed by atoms with Crippen molar-refractivity contribution in [2.45, 2.75) is 27.2 Å². The van der Waals surface area contributed by atoms with Gasteiger partial charge in [0, 0.05) is 33.2 Å². The largest absolute Gasteiger partial charge is 0.454 e. The molecular formula is C19H30N4O3. The fraction of sp³-hybridized carbons (Fsp3) is 0.579. The third-order valence-corrected chi connectivity index (χ3v) is 4.28. The highest BCUT2D eigenvalue weighted by Crippen LogP contribution is 2.32. The van der Waals surface area contributed by atoms with E-state index in [2.05, 4.69) is 10.3 Å². The van der Waals surface area contributed by atoms with E-state index in [1.54, 1.807) is 0 Å². The summed E-state index contributed by atoms with van der Waals surface area (Å²) in [4.78, 5) is 20.7. The van der Waals surface area contributed by atoms with Gasteiger partial charge in [0.25, 0.3) is 0 Å². The number of benzene rings is 1. The van der Waals surface area contributed by atoms with Gasteiger partial charge in [-0.15, -0.1) is 0 Å². The summed E-state index contributed by atoms with van der Waals surface area (Å²) in [7, 11) is 1.89. The van der Waals surface area contributed by atoms with Crippen LogP contribution < -0.4 is 14.8 Å². The number of hydrogen-bond donors (Lipinski definition) is 1. The molecular weight excluding hydrogens is 332 g/mol. The van der Waals surface area contributed by atoms with Crippen LogP contribution >= 0.6 is 0 Å². The van der Waals surface area contributed by atoms with Crippen molar-refractivity contribution in [2.24, 2.45) is 4.99 Å². The van der Waals surface area contributed by atoms with Gasteiger partial charge in [0.05, 0.1) is 6.54 Å². The molecule has 0 saturated carbocycles. The number of carbonyl (C=O) groups is 1. The third kappa shape index (κ3) is 5.28. The molecule has 0 atom stereocenters. The Kier molecular flexibility index (Phi) is 7.56. The van der Waals surface area contributed by atoms with Crippen molar-refractivity contribution in [3.8, 4) is 11.5 Å². The van der Waals surface area contributed by atoms with Crippen LogP contribution in [-0.4, -0.2) is 68.2 Å². The number of likely N-dealkylation sites (N-methyl/N-ethyl adjacent to an activating group) is 2. The predicted octanol–water partition coefficient (Wildman–Crippen LogP) is 1.72. The second kappa shape index (κ2) is 9.89. The van der Waals surface area contributed by atoms with Crippen LogP contribution in [-0.2, 0) is 11.2 Å². The number of amides is 1. The molecule has 7 heteroatoms. The standard InChI is InChI=1S/C19H30N4O3/c1-5-20-19(22(4)13-18(24)23(6-2)7-3)21-11-10-15-8-9-16-17(12-15)26-14-25-16/h8-9,12H,5-7,10-11,13-14H2,1-4H3,(H,20,21). The number of nitrogens with one attached hydrogen (secondary N) is 1. The highest BCUT2D eigenvalue weighted by molar-refractivity contribution is 5.86. The van der Waals surface area contributed by atoms with Crippen LogP contribution in [0, 0.1) is 0 Å². The van der Waals surface area contributed by atoms with E-state index >= 15 is 0 Å². The molecule has 1 amide bonds. The molecule has 0 spiro atoms. The van der Waals surface area contributed by atoms with Gasteiger partial charge in [0.15, 0.2) is 17.5 Å². The van der Waals surface area contributed by atoms with Crippen molar-refractivity contribution in [2.75, 3.05) is 46.6 Å². The lowest BCUT2D eigenvalue weighted by Crippen LogP contribution is -2.45. The number of ether oxygens (including phenoxy) is 2. The molecule has 0 saturated heterocycles. The summed E-state index contributed by atoms with van der Waals surface area (Å²) in [5.74, 6) is 2.44. The number of fused-ring (bicyclic) bond motifs is 1. The molecule has 1 aromatic carbocycles. The highest BCUT2D eigenvalue weighted by Gasteiger charge is 2.15. The lowest BCUT2D eigenvalue weighted by Gasteiger charge is -2.25. The van der Waals surface area contributed by atoms with Crippen molar-refractivity contribution in [1.29, 1.82) is 0 Å². The third-order valence-electron chi connectivity index (χ3n) is 4.28. The lowest BCUT2D eigenvalue weighted by atomic mass is 10.1. The molecule has 7 nitrogen and oxygen atoms in total. The lowest BCUT2D eigenvalue weighted by molar-refractivity contribution is -0.131. The van der Waals surface area contributed by atoms with Crippen LogP contribution in [0.4, 0.5) is 0 Å². The molecule has 26 heavy (non-hydrogen) atoms. The quantitative estimate of drug-likeness (QED) is 0.563. The van der Waals surface area contributed by atoms with Gasteiger partial charge in [0.2, 0.25) is 12.7 Å². The second-order valence-corrected chi connectivity index (χ2v) is 6.10. The normalized spacial score (nSPS) is 12.8. The van der Waals surface area contributed by atoms with Crippen molar-refractivity contribution in [3.63, 3.8) is 0 Å². The second-order valence-electron chi connectivity index (χ2n) is 6.10. The molecule has 0 unspecified atom stereocenters. The number of aliphatic imine (C=N–C) groups is 1. The average Bonchev–Trinajstić information content (AvgIpc) is 3.09. The fourth-order valence-corrected chi connectivity index (χ4v) is 2.81. The highest BCUT2D eigenvalue weighted by atomic mass is 16.7. The summed E-state index contributed by atoms with van der Waals surface area (Å²) < 4.78 is 10.7. The van der Waals surface area contributed by atoms with Crippen LogP contribution in [0.2, 0.25) is 0 Å². The maximum Gasteiger partial charge on any atom is 0.242 e. The molecule has 1 aliphatic rings. The predicted molar refractivity (Wildman–Crippen MR) is 103 cm³/mol. The van der Waals surface area contributed by atoms with Gasteiger partial charge in [0.1, 0.15) is 0 Å². The average molecular weight is 362 g/mol. The minimum absolute atomic E-state index is 0.110. The minimum atomic E-state index is 0.110. The van der Waals surface area contributed by atoms with Gasteiger partial charge >= 0.3 is 0 Å². The van der Waals surface area contributed by atoms with E-state index in [1.807, 2.05) is 55.8 Å². The van der Waals surface area contributed by atoms with E-state index in [1.165, 1.54) is 0 Å². The van der Waals surface area contributed by atoms with E-state index in [-0.39, 0.29) is 12.7 Å². The van der Waals surface area contributed by atoms with Crippen molar-refractivity contribution >= 4 is 11.9 Å². The van der Waals surface area contributed by atoms with Gasteiger partial charge in [-0.1, -0.05) is 6.07 Å². The first-order valence-electron chi connectivity index (χ1n) is 9.24. The molecule has 1 aromatic rings. The van der Waals surface area contributed by atoms with E-state index < -0.39 is 0 Å². The van der Waals surface area contributed by atoms with Gasteiger partial charge in [-0.2, -0.15) is 0 Å². The zero-order valence-electron chi connectivity index (χ0n) is 16.2. The number of carbonyl (C=O) groups excluding carboxylic acids is 1. The zero-order valence-corrected chi connectivity index (χ0v) is 16.2. The van der Waals surface area contributed by atoms with E-state index in [0.717, 1.165) is 49.1 Å². The maximum atomic E-state index is 12.3. The first-order valence-corrected chi connectivity index (χ1v) is 9.24. The van der Waals surface area contributed by atoms with Crippen LogP contribution in [0.1, 0.15) is 26.3 Å². The van der Waals surface area contributed by atoms with E-state index in [0.29, 0.717) is 13.1 Å². The zero-order chi connectivity index (χ0) is 18.9. The summed E-state index contributed by atoms with van der Waals surface area (Å²) in [5.41, 5.74) is 1.15.